The molecule has 2 N–H and O–H groups in total. The summed E-state index contributed by atoms with van der Waals surface area (Å²) in [5.74, 6) is 0.302. The van der Waals surface area contributed by atoms with Crippen molar-refractivity contribution in [2.75, 3.05) is 17.2 Å². The molecular formula is C14H17N5O2. The SMILES string of the molecule is CCN(Cc1ccccc1)c1nc(N)nc(C)c1[N+](=O)[O-]. The highest BCUT2D eigenvalue weighted by Crippen LogP contribution is 2.30. The Morgan fingerprint density at radius 2 is 1.95 bits per heavy atom. The van der Waals surface area contributed by atoms with Crippen LogP contribution < -0.4 is 10.6 Å². The first kappa shape index (κ1) is 14.7. The number of nitrogens with two attached hydrogens (primary N) is 1. The number of aromatic nitrogens is 2. The minimum Gasteiger partial charge on any atom is -0.368 e. The van der Waals surface area contributed by atoms with Crippen molar-refractivity contribution in [3.8, 4) is 0 Å². The third-order valence-electron chi connectivity index (χ3n) is 3.14. The van der Waals surface area contributed by atoms with Crippen molar-refractivity contribution in [3.05, 3.63) is 51.7 Å². The zero-order valence-corrected chi connectivity index (χ0v) is 12.0. The van der Waals surface area contributed by atoms with Crippen molar-refractivity contribution in [2.24, 2.45) is 0 Å². The Balaban J connectivity index is 2.44. The molecule has 2 rings (SSSR count). The molecule has 0 aliphatic heterocycles. The number of nitrogen functional groups attached to an aromatic ring is 1. The number of anilines is 2. The van der Waals surface area contributed by atoms with Gasteiger partial charge in [0.15, 0.2) is 0 Å². The number of benzene rings is 1. The molecule has 2 aromatic rings. The highest BCUT2D eigenvalue weighted by Gasteiger charge is 2.25. The summed E-state index contributed by atoms with van der Waals surface area (Å²) in [7, 11) is 0. The lowest BCUT2D eigenvalue weighted by molar-refractivity contribution is -0.385. The van der Waals surface area contributed by atoms with Crippen LogP contribution in [0.5, 0.6) is 0 Å². The first-order chi connectivity index (χ1) is 10.0. The van der Waals surface area contributed by atoms with Crippen LogP contribution in [-0.2, 0) is 6.54 Å². The second-order valence-corrected chi connectivity index (χ2v) is 4.60. The lowest BCUT2D eigenvalue weighted by Crippen LogP contribution is -2.25. The zero-order chi connectivity index (χ0) is 15.4. The Bertz CT molecular complexity index is 645. The van der Waals surface area contributed by atoms with Gasteiger partial charge in [-0.1, -0.05) is 30.3 Å². The van der Waals surface area contributed by atoms with Crippen LogP contribution in [0.2, 0.25) is 0 Å². The fourth-order valence-corrected chi connectivity index (χ4v) is 2.15. The lowest BCUT2D eigenvalue weighted by Gasteiger charge is -2.22. The summed E-state index contributed by atoms with van der Waals surface area (Å²) in [5.41, 5.74) is 6.86. The summed E-state index contributed by atoms with van der Waals surface area (Å²) >= 11 is 0. The van der Waals surface area contributed by atoms with Gasteiger partial charge in [-0.15, -0.1) is 0 Å². The van der Waals surface area contributed by atoms with Crippen LogP contribution in [0.3, 0.4) is 0 Å². The van der Waals surface area contributed by atoms with Crippen molar-refractivity contribution >= 4 is 17.5 Å². The van der Waals surface area contributed by atoms with Gasteiger partial charge in [-0.05, 0) is 19.4 Å². The normalized spacial score (nSPS) is 10.4. The van der Waals surface area contributed by atoms with E-state index < -0.39 is 4.92 Å². The van der Waals surface area contributed by atoms with E-state index in [1.165, 1.54) is 0 Å². The molecule has 1 heterocycles. The maximum Gasteiger partial charge on any atom is 0.332 e. The van der Waals surface area contributed by atoms with Crippen LogP contribution in [0.1, 0.15) is 18.2 Å². The zero-order valence-electron chi connectivity index (χ0n) is 12.0. The van der Waals surface area contributed by atoms with Crippen molar-refractivity contribution < 1.29 is 4.92 Å². The van der Waals surface area contributed by atoms with E-state index in [9.17, 15) is 10.1 Å². The maximum atomic E-state index is 11.3. The predicted octanol–water partition coefficient (Wildman–Crippen LogP) is 2.30. The Kier molecular flexibility index (Phi) is 4.32. The third kappa shape index (κ3) is 3.25. The second-order valence-electron chi connectivity index (χ2n) is 4.60. The van der Waals surface area contributed by atoms with E-state index in [0.29, 0.717) is 13.1 Å². The average Bonchev–Trinajstić information content (AvgIpc) is 2.44. The number of hydrogen-bond donors (Lipinski definition) is 1. The number of aryl methyl sites for hydroxylation is 1. The molecule has 1 aromatic heterocycles. The molecule has 0 spiro atoms. The minimum absolute atomic E-state index is 0.0413. The maximum absolute atomic E-state index is 11.3. The predicted molar refractivity (Wildman–Crippen MR) is 81.0 cm³/mol. The van der Waals surface area contributed by atoms with Crippen LogP contribution in [-0.4, -0.2) is 21.4 Å². The summed E-state index contributed by atoms with van der Waals surface area (Å²) in [4.78, 5) is 20.6. The van der Waals surface area contributed by atoms with Gasteiger partial charge in [-0.25, -0.2) is 4.98 Å². The number of nitro groups is 1. The summed E-state index contributed by atoms with van der Waals surface area (Å²) < 4.78 is 0. The molecule has 7 nitrogen and oxygen atoms in total. The van der Waals surface area contributed by atoms with Gasteiger partial charge in [-0.2, -0.15) is 4.98 Å². The Labute approximate surface area is 122 Å². The van der Waals surface area contributed by atoms with Crippen molar-refractivity contribution in [3.63, 3.8) is 0 Å². The fourth-order valence-electron chi connectivity index (χ4n) is 2.15. The summed E-state index contributed by atoms with van der Waals surface area (Å²) in [6.07, 6.45) is 0. The van der Waals surface area contributed by atoms with Crippen LogP contribution in [0.25, 0.3) is 0 Å². The smallest absolute Gasteiger partial charge is 0.332 e. The van der Waals surface area contributed by atoms with E-state index in [-0.39, 0.29) is 23.1 Å². The van der Waals surface area contributed by atoms with Crippen molar-refractivity contribution in [1.82, 2.24) is 9.97 Å². The summed E-state index contributed by atoms with van der Waals surface area (Å²) in [6, 6.07) is 9.71. The third-order valence-corrected chi connectivity index (χ3v) is 3.14. The Hall–Kier alpha value is -2.70. The molecule has 0 saturated carbocycles. The number of nitrogens with zero attached hydrogens (tertiary/aromatic N) is 4. The molecule has 0 aliphatic rings. The molecule has 0 fully saturated rings. The fraction of sp³-hybridized carbons (Fsp3) is 0.286. The van der Waals surface area contributed by atoms with Gasteiger partial charge in [0.05, 0.1) is 4.92 Å². The van der Waals surface area contributed by atoms with Crippen LogP contribution in [0.4, 0.5) is 17.5 Å². The molecule has 0 aliphatic carbocycles. The van der Waals surface area contributed by atoms with Gasteiger partial charge in [0.2, 0.25) is 11.8 Å². The summed E-state index contributed by atoms with van der Waals surface area (Å²) in [5, 5.41) is 11.3. The second kappa shape index (κ2) is 6.17. The molecule has 110 valence electrons. The molecule has 0 radical (unpaired) electrons. The van der Waals surface area contributed by atoms with Gasteiger partial charge >= 0.3 is 5.69 Å². The first-order valence-corrected chi connectivity index (χ1v) is 6.60. The Morgan fingerprint density at radius 3 is 2.52 bits per heavy atom. The molecule has 0 unspecified atom stereocenters. The van der Waals surface area contributed by atoms with Gasteiger partial charge in [0, 0.05) is 13.1 Å². The van der Waals surface area contributed by atoms with E-state index >= 15 is 0 Å². The monoisotopic (exact) mass is 287 g/mol. The molecule has 0 bridgehead atoms. The van der Waals surface area contributed by atoms with E-state index in [1.54, 1.807) is 6.92 Å². The standard InChI is InChI=1S/C14H17N5O2/c1-3-18(9-11-7-5-4-6-8-11)13-12(19(20)21)10(2)16-14(15)17-13/h4-8H,3,9H2,1-2H3,(H2,15,16,17). The first-order valence-electron chi connectivity index (χ1n) is 6.60. The number of hydrogen-bond acceptors (Lipinski definition) is 6. The molecule has 0 amide bonds. The molecular weight excluding hydrogens is 270 g/mol. The molecule has 0 saturated heterocycles. The largest absolute Gasteiger partial charge is 0.368 e. The highest BCUT2D eigenvalue weighted by atomic mass is 16.6. The number of rotatable bonds is 5. The summed E-state index contributed by atoms with van der Waals surface area (Å²) in [6.45, 7) is 4.58. The minimum atomic E-state index is -0.461. The van der Waals surface area contributed by atoms with E-state index in [2.05, 4.69) is 9.97 Å². The van der Waals surface area contributed by atoms with E-state index in [4.69, 9.17) is 5.73 Å². The van der Waals surface area contributed by atoms with E-state index in [1.807, 2.05) is 42.2 Å². The molecule has 1 aromatic carbocycles. The Morgan fingerprint density at radius 1 is 1.29 bits per heavy atom. The van der Waals surface area contributed by atoms with Gasteiger partial charge in [0.1, 0.15) is 5.69 Å². The topological polar surface area (TPSA) is 98.2 Å². The molecule has 7 heteroatoms. The van der Waals surface area contributed by atoms with Gasteiger partial charge in [-0.3, -0.25) is 10.1 Å². The molecule has 21 heavy (non-hydrogen) atoms. The van der Waals surface area contributed by atoms with E-state index in [0.717, 1.165) is 5.56 Å². The lowest BCUT2D eigenvalue weighted by atomic mass is 10.2. The van der Waals surface area contributed by atoms with Crippen LogP contribution in [0.15, 0.2) is 30.3 Å². The highest BCUT2D eigenvalue weighted by molar-refractivity contribution is 5.62. The average molecular weight is 287 g/mol. The van der Waals surface area contributed by atoms with Crippen molar-refractivity contribution in [1.29, 1.82) is 0 Å². The van der Waals surface area contributed by atoms with Crippen molar-refractivity contribution in [2.45, 2.75) is 20.4 Å². The van der Waals surface area contributed by atoms with Crippen LogP contribution >= 0.6 is 0 Å². The van der Waals surface area contributed by atoms with Gasteiger partial charge in [0.25, 0.3) is 0 Å². The van der Waals surface area contributed by atoms with Gasteiger partial charge < -0.3 is 10.6 Å². The molecule has 0 atom stereocenters. The van der Waals surface area contributed by atoms with Crippen LogP contribution in [0, 0.1) is 17.0 Å². The quantitative estimate of drug-likeness (QED) is 0.669.